The predicted molar refractivity (Wildman–Crippen MR) is 60.8 cm³/mol. The van der Waals surface area contributed by atoms with E-state index < -0.39 is 0 Å². The monoisotopic (exact) mass is 286 g/mol. The Morgan fingerprint density at radius 2 is 2.00 bits per heavy atom. The van der Waals surface area contributed by atoms with E-state index >= 15 is 0 Å². The van der Waals surface area contributed by atoms with Crippen LogP contribution in [-0.4, -0.2) is 10.1 Å². The molecule has 0 bridgehead atoms. The molecule has 0 atom stereocenters. The fourth-order valence-corrected chi connectivity index (χ4v) is 1.57. The lowest BCUT2D eigenvalue weighted by Gasteiger charge is -1.96. The normalized spacial score (nSPS) is 10.5. The molecule has 5 heteroatoms. The molecule has 0 saturated carbocycles. The summed E-state index contributed by atoms with van der Waals surface area (Å²) in [7, 11) is 0. The van der Waals surface area contributed by atoms with E-state index in [1.54, 1.807) is 0 Å². The number of rotatable bonds is 3. The number of nitrogens with zero attached hydrogens (tertiary/aromatic N) is 2. The van der Waals surface area contributed by atoms with Crippen LogP contribution < -0.4 is 0 Å². The minimum absolute atomic E-state index is 0.282. The van der Waals surface area contributed by atoms with Gasteiger partial charge in [0, 0.05) is 4.47 Å². The van der Waals surface area contributed by atoms with Gasteiger partial charge in [-0.25, -0.2) is 0 Å². The molecule has 0 spiro atoms. The summed E-state index contributed by atoms with van der Waals surface area (Å²) in [5, 5.41) is 3.72. The molecule has 0 N–H and O–H groups in total. The molecule has 0 aliphatic rings. The summed E-state index contributed by atoms with van der Waals surface area (Å²) in [4.78, 5) is 4.13. The van der Waals surface area contributed by atoms with Gasteiger partial charge in [-0.05, 0) is 17.7 Å². The van der Waals surface area contributed by atoms with E-state index in [4.69, 9.17) is 16.1 Å². The van der Waals surface area contributed by atoms with Crippen molar-refractivity contribution in [2.45, 2.75) is 12.3 Å². The lowest BCUT2D eigenvalue weighted by molar-refractivity contribution is 0.381. The van der Waals surface area contributed by atoms with Crippen molar-refractivity contribution < 1.29 is 4.52 Å². The minimum Gasteiger partial charge on any atom is -0.339 e. The topological polar surface area (TPSA) is 38.9 Å². The lowest BCUT2D eigenvalue weighted by Crippen LogP contribution is -1.88. The van der Waals surface area contributed by atoms with Gasteiger partial charge < -0.3 is 4.52 Å². The maximum absolute atomic E-state index is 5.57. The molecule has 2 aromatic rings. The largest absolute Gasteiger partial charge is 0.339 e. The highest BCUT2D eigenvalue weighted by Gasteiger charge is 2.05. The van der Waals surface area contributed by atoms with Gasteiger partial charge in [-0.3, -0.25) is 0 Å². The molecule has 0 saturated heterocycles. The van der Waals surface area contributed by atoms with Crippen molar-refractivity contribution in [3.05, 3.63) is 46.0 Å². The quantitative estimate of drug-likeness (QED) is 0.814. The van der Waals surface area contributed by atoms with E-state index in [9.17, 15) is 0 Å². The molecular weight excluding hydrogens is 279 g/mol. The van der Waals surface area contributed by atoms with Gasteiger partial charge in [0.2, 0.25) is 5.89 Å². The fraction of sp³-hybridized carbons (Fsp3) is 0.200. The second-order valence-corrected chi connectivity index (χ2v) is 4.22. The van der Waals surface area contributed by atoms with Crippen molar-refractivity contribution in [1.82, 2.24) is 10.1 Å². The molecule has 0 aliphatic carbocycles. The summed E-state index contributed by atoms with van der Waals surface area (Å²) < 4.78 is 6.09. The Hall–Kier alpha value is -0.870. The van der Waals surface area contributed by atoms with Crippen LogP contribution in [0.25, 0.3) is 0 Å². The smallest absolute Gasteiger partial charge is 0.231 e. The van der Waals surface area contributed by atoms with Crippen LogP contribution in [0.1, 0.15) is 17.3 Å². The van der Waals surface area contributed by atoms with Gasteiger partial charge >= 0.3 is 0 Å². The van der Waals surface area contributed by atoms with Crippen LogP contribution in [0.15, 0.2) is 33.3 Å². The molecule has 1 heterocycles. The first kappa shape index (κ1) is 10.6. The Morgan fingerprint density at radius 1 is 1.27 bits per heavy atom. The zero-order chi connectivity index (χ0) is 10.7. The molecule has 1 aromatic heterocycles. The molecule has 0 amide bonds. The molecule has 15 heavy (non-hydrogen) atoms. The molecule has 2 rings (SSSR count). The first-order valence-electron chi connectivity index (χ1n) is 4.40. The van der Waals surface area contributed by atoms with Gasteiger partial charge in [0.05, 0.1) is 12.3 Å². The number of aromatic nitrogens is 2. The molecule has 0 fully saturated rings. The van der Waals surface area contributed by atoms with Gasteiger partial charge in [-0.2, -0.15) is 4.98 Å². The summed E-state index contributed by atoms with van der Waals surface area (Å²) in [6.45, 7) is 0. The number of benzene rings is 1. The highest BCUT2D eigenvalue weighted by Crippen LogP contribution is 2.13. The van der Waals surface area contributed by atoms with Crippen molar-refractivity contribution in [3.8, 4) is 0 Å². The second-order valence-electron chi connectivity index (χ2n) is 3.04. The summed E-state index contributed by atoms with van der Waals surface area (Å²) in [5.74, 6) is 1.40. The molecule has 0 unspecified atom stereocenters. The lowest BCUT2D eigenvalue weighted by atomic mass is 10.1. The Morgan fingerprint density at radius 3 is 2.60 bits per heavy atom. The van der Waals surface area contributed by atoms with Crippen LogP contribution in [-0.2, 0) is 12.3 Å². The summed E-state index contributed by atoms with van der Waals surface area (Å²) in [5.41, 5.74) is 1.13. The first-order valence-corrected chi connectivity index (χ1v) is 5.72. The number of hydrogen-bond acceptors (Lipinski definition) is 3. The molecular formula is C10H8BrClN2O. The van der Waals surface area contributed by atoms with Crippen LogP contribution in [0.2, 0.25) is 0 Å². The average molecular weight is 288 g/mol. The van der Waals surface area contributed by atoms with Crippen LogP contribution in [0.3, 0.4) is 0 Å². The van der Waals surface area contributed by atoms with Crippen LogP contribution >= 0.6 is 27.5 Å². The minimum atomic E-state index is 0.282. The second kappa shape index (κ2) is 4.77. The van der Waals surface area contributed by atoms with Crippen LogP contribution in [0, 0.1) is 0 Å². The number of hydrogen-bond donors (Lipinski definition) is 0. The summed E-state index contributed by atoms with van der Waals surface area (Å²) in [6, 6.07) is 7.98. The van der Waals surface area contributed by atoms with Gasteiger partial charge in [0.15, 0.2) is 5.82 Å². The van der Waals surface area contributed by atoms with Crippen LogP contribution in [0.4, 0.5) is 0 Å². The van der Waals surface area contributed by atoms with Crippen molar-refractivity contribution in [2.75, 3.05) is 0 Å². The zero-order valence-corrected chi connectivity index (χ0v) is 10.1. The van der Waals surface area contributed by atoms with Gasteiger partial charge in [-0.1, -0.05) is 33.2 Å². The molecule has 78 valence electrons. The van der Waals surface area contributed by atoms with E-state index in [2.05, 4.69) is 26.1 Å². The Bertz CT molecular complexity index is 441. The highest BCUT2D eigenvalue weighted by atomic mass is 79.9. The Kier molecular flexibility index (Phi) is 3.38. The third-order valence-electron chi connectivity index (χ3n) is 1.90. The Labute approximate surface area is 101 Å². The van der Waals surface area contributed by atoms with E-state index in [0.717, 1.165) is 10.0 Å². The zero-order valence-electron chi connectivity index (χ0n) is 7.78. The highest BCUT2D eigenvalue weighted by molar-refractivity contribution is 9.10. The van der Waals surface area contributed by atoms with Crippen molar-refractivity contribution in [3.63, 3.8) is 0 Å². The molecule has 0 radical (unpaired) electrons. The SMILES string of the molecule is ClCc1noc(Cc2ccc(Br)cc2)n1. The molecule has 0 aliphatic heterocycles. The molecule has 1 aromatic carbocycles. The first-order chi connectivity index (χ1) is 7.28. The van der Waals surface area contributed by atoms with Crippen molar-refractivity contribution in [2.24, 2.45) is 0 Å². The molecule has 3 nitrogen and oxygen atoms in total. The third-order valence-corrected chi connectivity index (χ3v) is 2.67. The van der Waals surface area contributed by atoms with Gasteiger partial charge in [0.25, 0.3) is 0 Å². The summed E-state index contributed by atoms with van der Waals surface area (Å²) in [6.07, 6.45) is 0.636. The van der Waals surface area contributed by atoms with Crippen LogP contribution in [0.5, 0.6) is 0 Å². The average Bonchev–Trinajstić information content (AvgIpc) is 2.69. The Balaban J connectivity index is 2.11. The van der Waals surface area contributed by atoms with Gasteiger partial charge in [-0.15, -0.1) is 11.6 Å². The number of halogens is 2. The van der Waals surface area contributed by atoms with Crippen molar-refractivity contribution in [1.29, 1.82) is 0 Å². The maximum atomic E-state index is 5.57. The van der Waals surface area contributed by atoms with Gasteiger partial charge in [0.1, 0.15) is 0 Å². The number of alkyl halides is 1. The predicted octanol–water partition coefficient (Wildman–Crippen LogP) is 3.16. The fourth-order valence-electron chi connectivity index (χ4n) is 1.19. The maximum Gasteiger partial charge on any atom is 0.231 e. The standard InChI is InChI=1S/C10H8BrClN2O/c11-8-3-1-7(2-4-8)5-10-13-9(6-12)14-15-10/h1-4H,5-6H2. The van der Waals surface area contributed by atoms with E-state index in [0.29, 0.717) is 18.1 Å². The van der Waals surface area contributed by atoms with E-state index in [1.165, 1.54) is 0 Å². The van der Waals surface area contributed by atoms with E-state index in [-0.39, 0.29) is 5.88 Å². The van der Waals surface area contributed by atoms with Crippen molar-refractivity contribution >= 4 is 27.5 Å². The third kappa shape index (κ3) is 2.79. The van der Waals surface area contributed by atoms with E-state index in [1.807, 2.05) is 24.3 Å². The summed E-state index contributed by atoms with van der Waals surface area (Å²) >= 11 is 8.95.